The third-order valence-electron chi connectivity index (χ3n) is 6.47. The first-order valence-electron chi connectivity index (χ1n) is 12.6. The van der Waals surface area contributed by atoms with Crippen LogP contribution < -0.4 is 23.7 Å². The zero-order valence-electron chi connectivity index (χ0n) is 23.3. The Hall–Kier alpha value is -4.41. The van der Waals surface area contributed by atoms with Gasteiger partial charge in [0.25, 0.3) is 5.91 Å². The van der Waals surface area contributed by atoms with Crippen LogP contribution in [0.4, 0.5) is 4.79 Å². The van der Waals surface area contributed by atoms with Crippen molar-refractivity contribution >= 4 is 47.2 Å². The highest BCUT2D eigenvalue weighted by atomic mass is 35.5. The molecule has 0 N–H and O–H groups in total. The first kappa shape index (κ1) is 30.5. The molecule has 0 spiro atoms. The maximum Gasteiger partial charge on any atom is 0.422 e. The molecule has 1 aliphatic rings. The average molecular weight is 615 g/mol. The number of carbonyl (C=O) groups is 3. The lowest BCUT2D eigenvalue weighted by atomic mass is 10.1. The minimum Gasteiger partial charge on any atom is -0.496 e. The van der Waals surface area contributed by atoms with Crippen LogP contribution in [0.5, 0.6) is 28.7 Å². The van der Waals surface area contributed by atoms with Crippen molar-refractivity contribution in [2.45, 2.75) is 6.54 Å². The molecular weight excluding hydrogens is 587 g/mol. The van der Waals surface area contributed by atoms with Gasteiger partial charge in [-0.05, 0) is 36.4 Å². The van der Waals surface area contributed by atoms with Gasteiger partial charge < -0.3 is 28.6 Å². The van der Waals surface area contributed by atoms with Crippen LogP contribution in [-0.4, -0.2) is 69.2 Å². The summed E-state index contributed by atoms with van der Waals surface area (Å²) in [5, 5.41) is 0.568. The molecule has 3 amide bonds. The van der Waals surface area contributed by atoms with E-state index in [1.54, 1.807) is 42.5 Å². The largest absolute Gasteiger partial charge is 0.496 e. The van der Waals surface area contributed by atoms with Gasteiger partial charge in [-0.15, -0.1) is 0 Å². The number of halogens is 2. The van der Waals surface area contributed by atoms with Crippen LogP contribution in [0.3, 0.4) is 0 Å². The van der Waals surface area contributed by atoms with Gasteiger partial charge >= 0.3 is 6.09 Å². The van der Waals surface area contributed by atoms with Crippen molar-refractivity contribution in [2.75, 3.05) is 41.5 Å². The van der Waals surface area contributed by atoms with Crippen LogP contribution in [-0.2, 0) is 16.1 Å². The van der Waals surface area contributed by atoms with Crippen molar-refractivity contribution in [3.8, 4) is 28.7 Å². The normalized spacial score (nSPS) is 14.5. The van der Waals surface area contributed by atoms with Crippen molar-refractivity contribution < 1.29 is 38.1 Å². The van der Waals surface area contributed by atoms with Crippen molar-refractivity contribution in [1.82, 2.24) is 9.80 Å². The summed E-state index contributed by atoms with van der Waals surface area (Å²) in [5.41, 5.74) is 1.11. The monoisotopic (exact) mass is 614 g/mol. The van der Waals surface area contributed by atoms with Crippen LogP contribution in [0.1, 0.15) is 11.1 Å². The first-order valence-corrected chi connectivity index (χ1v) is 13.3. The second-order valence-corrected chi connectivity index (χ2v) is 9.85. The Morgan fingerprint density at radius 2 is 1.50 bits per heavy atom. The smallest absolute Gasteiger partial charge is 0.422 e. The Morgan fingerprint density at radius 3 is 2.12 bits per heavy atom. The van der Waals surface area contributed by atoms with E-state index < -0.39 is 24.5 Å². The fourth-order valence-electron chi connectivity index (χ4n) is 4.35. The molecule has 220 valence electrons. The second-order valence-electron chi connectivity index (χ2n) is 9.01. The molecule has 3 aromatic rings. The SMILES string of the molecule is COc1cc(OC)c(CN2C/C(=C\c3cc(Cl)ccc3OC)C(=O)N(C(=O)Oc3ccccc3Cl)CC2=O)c(OC)c1. The molecule has 0 atom stereocenters. The number of ether oxygens (including phenoxy) is 5. The fourth-order valence-corrected chi connectivity index (χ4v) is 4.70. The molecule has 1 heterocycles. The summed E-state index contributed by atoms with van der Waals surface area (Å²) in [6.45, 7) is -0.769. The van der Waals surface area contributed by atoms with Gasteiger partial charge in [0.05, 0.1) is 52.1 Å². The predicted molar refractivity (Wildman–Crippen MR) is 157 cm³/mol. The number of para-hydroxylation sites is 1. The number of carbonyl (C=O) groups excluding carboxylic acids is 3. The number of hydrogen-bond acceptors (Lipinski definition) is 8. The average Bonchev–Trinajstić information content (AvgIpc) is 3.10. The van der Waals surface area contributed by atoms with E-state index in [1.807, 2.05) is 0 Å². The molecule has 1 aliphatic heterocycles. The molecule has 10 nitrogen and oxygen atoms in total. The van der Waals surface area contributed by atoms with Crippen LogP contribution in [0.15, 0.2) is 60.2 Å². The topological polar surface area (TPSA) is 104 Å². The van der Waals surface area contributed by atoms with Crippen LogP contribution >= 0.6 is 23.2 Å². The van der Waals surface area contributed by atoms with Crippen LogP contribution in [0, 0.1) is 0 Å². The number of rotatable bonds is 8. The molecule has 0 aromatic heterocycles. The molecule has 4 rings (SSSR count). The van der Waals surface area contributed by atoms with Gasteiger partial charge in [-0.1, -0.05) is 35.3 Å². The Bertz CT molecular complexity index is 1520. The lowest BCUT2D eigenvalue weighted by molar-refractivity contribution is -0.134. The summed E-state index contributed by atoms with van der Waals surface area (Å²) in [7, 11) is 5.95. The quantitative estimate of drug-likeness (QED) is 0.307. The number of methoxy groups -OCH3 is 4. The lowest BCUT2D eigenvalue weighted by Crippen LogP contribution is -2.42. The van der Waals surface area contributed by atoms with Gasteiger partial charge in [0, 0.05) is 28.3 Å². The standard InChI is InChI=1S/C30H28Cl2N2O8/c1-38-21-13-26(40-3)22(27(14-21)41-4)16-33-15-19(11-18-12-20(31)9-10-24(18)39-2)29(36)34(17-28(33)35)30(37)42-25-8-6-5-7-23(25)32/h5-14H,15-17H2,1-4H3/b19-11+. The van der Waals surface area contributed by atoms with Crippen molar-refractivity contribution in [2.24, 2.45) is 0 Å². The second kappa shape index (κ2) is 13.5. The van der Waals surface area contributed by atoms with E-state index in [0.717, 1.165) is 4.90 Å². The summed E-state index contributed by atoms with van der Waals surface area (Å²) in [6, 6.07) is 14.5. The maximum absolute atomic E-state index is 13.8. The Kier molecular flexibility index (Phi) is 9.82. The van der Waals surface area contributed by atoms with Gasteiger partial charge in [0.15, 0.2) is 5.75 Å². The molecule has 12 heteroatoms. The molecule has 0 radical (unpaired) electrons. The summed E-state index contributed by atoms with van der Waals surface area (Å²) in [5.74, 6) is 0.523. The number of amides is 3. The highest BCUT2D eigenvalue weighted by Gasteiger charge is 2.36. The minimum absolute atomic E-state index is 0.0140. The van der Waals surface area contributed by atoms with Gasteiger partial charge in [0.1, 0.15) is 29.5 Å². The molecule has 0 bridgehead atoms. The zero-order valence-corrected chi connectivity index (χ0v) is 24.8. The van der Waals surface area contributed by atoms with Crippen LogP contribution in [0.2, 0.25) is 10.0 Å². The van der Waals surface area contributed by atoms with Gasteiger partial charge in [-0.2, -0.15) is 0 Å². The highest BCUT2D eigenvalue weighted by molar-refractivity contribution is 6.32. The predicted octanol–water partition coefficient (Wildman–Crippen LogP) is 5.48. The third-order valence-corrected chi connectivity index (χ3v) is 7.02. The lowest BCUT2D eigenvalue weighted by Gasteiger charge is -2.24. The summed E-state index contributed by atoms with van der Waals surface area (Å²) >= 11 is 12.4. The summed E-state index contributed by atoms with van der Waals surface area (Å²) in [6.07, 6.45) is 0.462. The summed E-state index contributed by atoms with van der Waals surface area (Å²) in [4.78, 5) is 42.9. The van der Waals surface area contributed by atoms with Gasteiger partial charge in [0.2, 0.25) is 5.91 Å². The van der Waals surface area contributed by atoms with Gasteiger partial charge in [-0.3, -0.25) is 9.59 Å². The molecule has 1 fully saturated rings. The molecule has 1 saturated heterocycles. The number of nitrogens with zero attached hydrogens (tertiary/aromatic N) is 2. The Labute approximate surface area is 252 Å². The van der Waals surface area contributed by atoms with E-state index >= 15 is 0 Å². The maximum atomic E-state index is 13.8. The van der Waals surface area contributed by atoms with Crippen molar-refractivity contribution in [3.63, 3.8) is 0 Å². The zero-order chi connectivity index (χ0) is 30.4. The van der Waals surface area contributed by atoms with E-state index in [1.165, 1.54) is 51.5 Å². The molecule has 0 saturated carbocycles. The van der Waals surface area contributed by atoms with E-state index in [-0.39, 0.29) is 29.4 Å². The minimum atomic E-state index is -1.06. The van der Waals surface area contributed by atoms with E-state index in [4.69, 9.17) is 46.9 Å². The highest BCUT2D eigenvalue weighted by Crippen LogP contribution is 2.36. The first-order chi connectivity index (χ1) is 20.2. The molecule has 42 heavy (non-hydrogen) atoms. The third kappa shape index (κ3) is 6.72. The van der Waals surface area contributed by atoms with Crippen molar-refractivity contribution in [1.29, 1.82) is 0 Å². The summed E-state index contributed by atoms with van der Waals surface area (Å²) < 4.78 is 27.3. The van der Waals surface area contributed by atoms with Crippen LogP contribution in [0.25, 0.3) is 6.08 Å². The molecule has 0 unspecified atom stereocenters. The fraction of sp³-hybridized carbons (Fsp3) is 0.233. The number of benzene rings is 3. The molecular formula is C30H28Cl2N2O8. The number of hydrogen-bond donors (Lipinski definition) is 0. The van der Waals surface area contributed by atoms with E-state index in [0.29, 0.717) is 39.1 Å². The number of imide groups is 1. The van der Waals surface area contributed by atoms with Crippen molar-refractivity contribution in [3.05, 3.63) is 81.3 Å². The van der Waals surface area contributed by atoms with Gasteiger partial charge in [-0.25, -0.2) is 9.69 Å². The molecule has 0 aliphatic carbocycles. The molecule has 3 aromatic carbocycles. The Balaban J connectivity index is 1.78. The Morgan fingerprint density at radius 1 is 0.833 bits per heavy atom. The van der Waals surface area contributed by atoms with E-state index in [9.17, 15) is 14.4 Å². The van der Waals surface area contributed by atoms with E-state index in [2.05, 4.69) is 0 Å².